The molecule has 2 atom stereocenters. The summed E-state index contributed by atoms with van der Waals surface area (Å²) in [7, 11) is -4.37. The molecule has 22 heavy (non-hydrogen) atoms. The fourth-order valence-corrected chi connectivity index (χ4v) is 2.81. The molecule has 5 N–H and O–H groups in total. The van der Waals surface area contributed by atoms with Crippen molar-refractivity contribution in [3.63, 3.8) is 0 Å². The van der Waals surface area contributed by atoms with E-state index in [2.05, 4.69) is 26.5 Å². The lowest BCUT2D eigenvalue weighted by molar-refractivity contribution is -0.135. The van der Waals surface area contributed by atoms with Crippen molar-refractivity contribution >= 4 is 13.8 Å². The normalized spacial score (nSPS) is 14.5. The average Bonchev–Trinajstić information content (AvgIpc) is 2.24. The van der Waals surface area contributed by atoms with Crippen LogP contribution in [-0.2, 0) is 13.9 Å². The Morgan fingerprint density at radius 3 is 1.73 bits per heavy atom. The summed E-state index contributed by atoms with van der Waals surface area (Å²) in [6.45, 7) is 10.2. The number of carboxylic acid groups (broad SMARTS) is 1. The maximum absolute atomic E-state index is 10.9. The van der Waals surface area contributed by atoms with Gasteiger partial charge in [-0.2, -0.15) is 0 Å². The van der Waals surface area contributed by atoms with Crippen LogP contribution < -0.4 is 5.73 Å². The molecule has 134 valence electrons. The predicted molar refractivity (Wildman–Crippen MR) is 86.3 cm³/mol. The summed E-state index contributed by atoms with van der Waals surface area (Å²) in [5.74, 6) is 0.424. The topological polar surface area (TPSA) is 130 Å². The largest absolute Gasteiger partial charge is 0.480 e. The predicted octanol–water partition coefficient (Wildman–Crippen LogP) is 2.61. The monoisotopic (exact) mass is 341 g/mol. The van der Waals surface area contributed by atoms with Gasteiger partial charge < -0.3 is 20.6 Å². The van der Waals surface area contributed by atoms with Crippen molar-refractivity contribution in [2.24, 2.45) is 23.5 Å². The number of hydrogen-bond acceptors (Lipinski definition) is 4. The lowest BCUT2D eigenvalue weighted by Gasteiger charge is -2.24. The van der Waals surface area contributed by atoms with Crippen LogP contribution in [0, 0.1) is 17.8 Å². The number of hydrogen-bond donors (Lipinski definition) is 4. The third kappa shape index (κ3) is 19.5. The van der Waals surface area contributed by atoms with Crippen molar-refractivity contribution in [2.45, 2.75) is 60.0 Å². The molecular formula is C14H32NO6P. The van der Waals surface area contributed by atoms with Crippen molar-refractivity contribution in [1.82, 2.24) is 0 Å². The van der Waals surface area contributed by atoms with Crippen LogP contribution >= 0.6 is 7.82 Å². The van der Waals surface area contributed by atoms with Gasteiger partial charge in [-0.15, -0.1) is 0 Å². The zero-order valence-electron chi connectivity index (χ0n) is 14.2. The first-order chi connectivity index (χ1) is 9.87. The first-order valence-electron chi connectivity index (χ1n) is 7.53. The van der Waals surface area contributed by atoms with Crippen LogP contribution in [-0.4, -0.2) is 33.5 Å². The number of nitrogens with two attached hydrogens (primary N) is 1. The van der Waals surface area contributed by atoms with Gasteiger partial charge in [0, 0.05) is 0 Å². The minimum atomic E-state index is -4.37. The quantitative estimate of drug-likeness (QED) is 0.474. The van der Waals surface area contributed by atoms with Gasteiger partial charge in [-0.05, 0) is 37.0 Å². The van der Waals surface area contributed by atoms with Gasteiger partial charge in [-0.3, -0.25) is 9.32 Å². The molecule has 7 nitrogen and oxygen atoms in total. The lowest BCUT2D eigenvalue weighted by atomic mass is 9.91. The number of aliphatic carboxylic acids is 1. The van der Waals surface area contributed by atoms with Crippen molar-refractivity contribution in [2.75, 3.05) is 6.54 Å². The SMILES string of the molecule is CC(C)CC(C)CC(CC(C)C)OP(=O)(O)O.NCC(=O)O. The Morgan fingerprint density at radius 2 is 1.45 bits per heavy atom. The minimum Gasteiger partial charge on any atom is -0.480 e. The van der Waals surface area contributed by atoms with E-state index in [1.807, 2.05) is 13.8 Å². The Hall–Kier alpha value is -0.460. The zero-order chi connectivity index (χ0) is 17.9. The van der Waals surface area contributed by atoms with Crippen molar-refractivity contribution in [3.8, 4) is 0 Å². The summed E-state index contributed by atoms with van der Waals surface area (Å²) in [5, 5.41) is 7.60. The Morgan fingerprint density at radius 1 is 1.05 bits per heavy atom. The molecular weight excluding hydrogens is 309 g/mol. The first-order valence-corrected chi connectivity index (χ1v) is 9.06. The molecule has 0 saturated heterocycles. The summed E-state index contributed by atoms with van der Waals surface area (Å²) >= 11 is 0. The smallest absolute Gasteiger partial charge is 0.469 e. The van der Waals surface area contributed by atoms with Crippen LogP contribution in [0.1, 0.15) is 53.9 Å². The van der Waals surface area contributed by atoms with Gasteiger partial charge in [-0.25, -0.2) is 4.57 Å². The summed E-state index contributed by atoms with van der Waals surface area (Å²) in [6.07, 6.45) is 2.11. The van der Waals surface area contributed by atoms with E-state index in [9.17, 15) is 9.36 Å². The van der Waals surface area contributed by atoms with Crippen LogP contribution in [0.2, 0.25) is 0 Å². The van der Waals surface area contributed by atoms with E-state index >= 15 is 0 Å². The molecule has 0 amide bonds. The standard InChI is InChI=1S/C12H27O4P.C2H5NO2/c1-9(2)6-11(5)8-12(7-10(3)4)16-17(13,14)15;3-1-2(4)5/h9-12H,6-8H2,1-5H3,(H2,13,14,15);1,3H2,(H,4,5). The summed E-state index contributed by atoms with van der Waals surface area (Å²) < 4.78 is 15.8. The number of phosphoric ester groups is 1. The third-order valence-electron chi connectivity index (χ3n) is 2.73. The second-order valence-corrected chi connectivity index (χ2v) is 7.61. The highest BCUT2D eigenvalue weighted by Crippen LogP contribution is 2.40. The van der Waals surface area contributed by atoms with Gasteiger partial charge in [0.1, 0.15) is 0 Å². The highest BCUT2D eigenvalue weighted by atomic mass is 31.2. The molecule has 0 rings (SSSR count). The van der Waals surface area contributed by atoms with Gasteiger partial charge in [-0.1, -0.05) is 34.6 Å². The average molecular weight is 341 g/mol. The molecule has 0 aliphatic heterocycles. The highest BCUT2D eigenvalue weighted by molar-refractivity contribution is 7.46. The van der Waals surface area contributed by atoms with Gasteiger partial charge in [0.15, 0.2) is 0 Å². The fourth-order valence-electron chi connectivity index (χ4n) is 2.25. The minimum absolute atomic E-state index is 0.278. The Labute approximate surface area is 133 Å². The third-order valence-corrected chi connectivity index (χ3v) is 3.31. The number of carboxylic acids is 1. The first kappa shape index (κ1) is 23.8. The second kappa shape index (κ2) is 12.0. The molecule has 0 fully saturated rings. The highest BCUT2D eigenvalue weighted by Gasteiger charge is 2.24. The number of carbonyl (C=O) groups is 1. The summed E-state index contributed by atoms with van der Waals surface area (Å²) in [6, 6.07) is 0. The van der Waals surface area contributed by atoms with Crippen LogP contribution in [0.25, 0.3) is 0 Å². The van der Waals surface area contributed by atoms with E-state index in [1.54, 1.807) is 0 Å². The molecule has 2 unspecified atom stereocenters. The molecule has 0 aromatic rings. The Balaban J connectivity index is 0. The van der Waals surface area contributed by atoms with E-state index in [0.29, 0.717) is 30.6 Å². The maximum Gasteiger partial charge on any atom is 0.469 e. The van der Waals surface area contributed by atoms with E-state index in [1.165, 1.54) is 0 Å². The second-order valence-electron chi connectivity index (χ2n) is 6.42. The summed E-state index contributed by atoms with van der Waals surface area (Å²) in [4.78, 5) is 27.0. The van der Waals surface area contributed by atoms with E-state index in [-0.39, 0.29) is 12.6 Å². The molecule has 0 spiro atoms. The van der Waals surface area contributed by atoms with Crippen LogP contribution in [0.3, 0.4) is 0 Å². The molecule has 0 aliphatic rings. The van der Waals surface area contributed by atoms with Crippen LogP contribution in [0.15, 0.2) is 0 Å². The van der Waals surface area contributed by atoms with Crippen molar-refractivity contribution in [1.29, 1.82) is 0 Å². The lowest BCUT2D eigenvalue weighted by Crippen LogP contribution is -2.18. The molecule has 0 heterocycles. The molecule has 0 aromatic carbocycles. The Bertz CT molecular complexity index is 342. The molecule has 0 aliphatic carbocycles. The van der Waals surface area contributed by atoms with Gasteiger partial charge >= 0.3 is 13.8 Å². The molecule has 0 radical (unpaired) electrons. The fraction of sp³-hybridized carbons (Fsp3) is 0.929. The van der Waals surface area contributed by atoms with E-state index < -0.39 is 13.8 Å². The van der Waals surface area contributed by atoms with Gasteiger partial charge in [0.25, 0.3) is 0 Å². The Kier molecular flexibility index (Phi) is 13.0. The van der Waals surface area contributed by atoms with Crippen molar-refractivity contribution in [3.05, 3.63) is 0 Å². The van der Waals surface area contributed by atoms with Crippen LogP contribution in [0.5, 0.6) is 0 Å². The molecule has 0 saturated carbocycles. The van der Waals surface area contributed by atoms with E-state index in [0.717, 1.165) is 6.42 Å². The maximum atomic E-state index is 10.9. The van der Waals surface area contributed by atoms with Gasteiger partial charge in [0.05, 0.1) is 12.6 Å². The van der Waals surface area contributed by atoms with Crippen LogP contribution in [0.4, 0.5) is 0 Å². The number of phosphoric acid groups is 1. The molecule has 0 bridgehead atoms. The molecule has 0 aromatic heterocycles. The molecule has 8 heteroatoms. The van der Waals surface area contributed by atoms with E-state index in [4.69, 9.17) is 19.4 Å². The zero-order valence-corrected chi connectivity index (χ0v) is 15.1. The number of rotatable bonds is 9. The van der Waals surface area contributed by atoms with Gasteiger partial charge in [0.2, 0.25) is 0 Å². The van der Waals surface area contributed by atoms with Crippen molar-refractivity contribution < 1.29 is 28.8 Å². The summed E-state index contributed by atoms with van der Waals surface area (Å²) in [5.41, 5.74) is 4.57.